The highest BCUT2D eigenvalue weighted by atomic mass is 32.1. The maximum absolute atomic E-state index is 11.4. The fourth-order valence-electron chi connectivity index (χ4n) is 2.11. The lowest BCUT2D eigenvalue weighted by Gasteiger charge is -2.12. The molecule has 1 fully saturated rings. The van der Waals surface area contributed by atoms with E-state index in [1.165, 1.54) is 0 Å². The Morgan fingerprint density at radius 1 is 1.53 bits per heavy atom. The largest absolute Gasteiger partial charge is 0.342 e. The van der Waals surface area contributed by atoms with Gasteiger partial charge < -0.3 is 4.90 Å². The number of rotatable bonds is 3. The molecule has 1 aliphatic heterocycles. The zero-order valence-electron chi connectivity index (χ0n) is 8.82. The number of aromatic amines is 2. The van der Waals surface area contributed by atoms with E-state index in [0.717, 1.165) is 32.6 Å². The third-order valence-electron chi connectivity index (χ3n) is 3.02. The van der Waals surface area contributed by atoms with E-state index in [4.69, 9.17) is 12.2 Å². The highest BCUT2D eigenvalue weighted by Crippen LogP contribution is 2.16. The van der Waals surface area contributed by atoms with Crippen molar-refractivity contribution in [3.05, 3.63) is 15.3 Å². The van der Waals surface area contributed by atoms with Crippen LogP contribution in [0.3, 0.4) is 0 Å². The number of nitrogens with zero attached hydrogens (tertiary/aromatic N) is 2. The van der Waals surface area contributed by atoms with Gasteiger partial charge in [-0.15, -0.1) is 0 Å². The normalized spacial score (nSPS) is 22.3. The molecule has 0 aliphatic carbocycles. The lowest BCUT2D eigenvalue weighted by Crippen LogP contribution is -2.25. The third-order valence-corrected chi connectivity index (χ3v) is 3.35. The fourth-order valence-corrected chi connectivity index (χ4v) is 2.32. The SMILES string of the molecule is CCN1CCC(Cn2c(=O)[nH][nH]c2=S)C1. The molecule has 15 heavy (non-hydrogen) atoms. The van der Waals surface area contributed by atoms with Crippen LogP contribution >= 0.6 is 12.2 Å². The van der Waals surface area contributed by atoms with Gasteiger partial charge in [-0.05, 0) is 37.6 Å². The van der Waals surface area contributed by atoms with E-state index >= 15 is 0 Å². The fraction of sp³-hybridized carbons (Fsp3) is 0.778. The first-order valence-corrected chi connectivity index (χ1v) is 5.71. The summed E-state index contributed by atoms with van der Waals surface area (Å²) in [7, 11) is 0. The minimum absolute atomic E-state index is 0.130. The molecule has 2 rings (SSSR count). The van der Waals surface area contributed by atoms with Crippen LogP contribution in [-0.2, 0) is 6.54 Å². The van der Waals surface area contributed by atoms with Crippen molar-refractivity contribution in [1.82, 2.24) is 19.7 Å². The molecule has 84 valence electrons. The van der Waals surface area contributed by atoms with Gasteiger partial charge in [0.1, 0.15) is 0 Å². The van der Waals surface area contributed by atoms with Crippen molar-refractivity contribution in [2.24, 2.45) is 5.92 Å². The van der Waals surface area contributed by atoms with Gasteiger partial charge in [0.15, 0.2) is 4.77 Å². The van der Waals surface area contributed by atoms with Crippen LogP contribution in [-0.4, -0.2) is 39.3 Å². The summed E-state index contributed by atoms with van der Waals surface area (Å²) in [4.78, 5) is 13.8. The van der Waals surface area contributed by atoms with Crippen LogP contribution in [0.15, 0.2) is 4.79 Å². The first-order valence-electron chi connectivity index (χ1n) is 5.30. The molecule has 0 spiro atoms. The van der Waals surface area contributed by atoms with E-state index in [9.17, 15) is 4.79 Å². The second kappa shape index (κ2) is 4.32. The van der Waals surface area contributed by atoms with Crippen molar-refractivity contribution in [2.45, 2.75) is 19.9 Å². The van der Waals surface area contributed by atoms with Gasteiger partial charge in [0.2, 0.25) is 0 Å². The van der Waals surface area contributed by atoms with Gasteiger partial charge in [-0.1, -0.05) is 6.92 Å². The zero-order chi connectivity index (χ0) is 10.8. The Morgan fingerprint density at radius 2 is 2.33 bits per heavy atom. The molecule has 0 radical (unpaired) electrons. The van der Waals surface area contributed by atoms with Crippen LogP contribution in [0.4, 0.5) is 0 Å². The second-order valence-corrected chi connectivity index (χ2v) is 4.41. The molecule has 1 saturated heterocycles. The summed E-state index contributed by atoms with van der Waals surface area (Å²) < 4.78 is 2.11. The van der Waals surface area contributed by atoms with E-state index in [2.05, 4.69) is 22.0 Å². The Kier molecular flexibility index (Phi) is 3.06. The first kappa shape index (κ1) is 10.6. The smallest absolute Gasteiger partial charge is 0.303 e. The van der Waals surface area contributed by atoms with Gasteiger partial charge in [0, 0.05) is 13.1 Å². The van der Waals surface area contributed by atoms with Gasteiger partial charge in [-0.3, -0.25) is 9.67 Å². The molecule has 0 amide bonds. The molecule has 2 N–H and O–H groups in total. The second-order valence-electron chi connectivity index (χ2n) is 4.02. The average molecular weight is 228 g/mol. The summed E-state index contributed by atoms with van der Waals surface area (Å²) in [5.74, 6) is 0.550. The number of nitrogens with one attached hydrogen (secondary N) is 2. The number of H-pyrrole nitrogens is 2. The van der Waals surface area contributed by atoms with Crippen molar-refractivity contribution < 1.29 is 0 Å². The lowest BCUT2D eigenvalue weighted by atomic mass is 10.1. The number of hydrogen-bond acceptors (Lipinski definition) is 3. The van der Waals surface area contributed by atoms with Crippen LogP contribution in [0.5, 0.6) is 0 Å². The van der Waals surface area contributed by atoms with Crippen LogP contribution in [0.2, 0.25) is 0 Å². The van der Waals surface area contributed by atoms with Gasteiger partial charge in [0.05, 0.1) is 0 Å². The molecule has 1 aromatic rings. The predicted molar refractivity (Wildman–Crippen MR) is 60.5 cm³/mol. The third kappa shape index (κ3) is 2.21. The molecule has 2 heterocycles. The van der Waals surface area contributed by atoms with Gasteiger partial charge in [-0.2, -0.15) is 0 Å². The number of likely N-dealkylation sites (tertiary alicyclic amines) is 1. The van der Waals surface area contributed by atoms with Gasteiger partial charge in [-0.25, -0.2) is 9.89 Å². The van der Waals surface area contributed by atoms with Crippen LogP contribution in [0.1, 0.15) is 13.3 Å². The Labute approximate surface area is 93.1 Å². The standard InChI is InChI=1S/C9H16N4OS/c1-2-12-4-3-7(5-12)6-13-8(14)10-11-9(13)15/h7H,2-6H2,1H3,(H,10,14)(H,11,15). The van der Waals surface area contributed by atoms with Crippen molar-refractivity contribution in [3.8, 4) is 0 Å². The molecule has 1 atom stereocenters. The molecular formula is C9H16N4OS. The van der Waals surface area contributed by atoms with Crippen molar-refractivity contribution >= 4 is 12.2 Å². The summed E-state index contributed by atoms with van der Waals surface area (Å²) in [6.45, 7) is 6.19. The van der Waals surface area contributed by atoms with Gasteiger partial charge >= 0.3 is 5.69 Å². The Balaban J connectivity index is 2.05. The molecule has 1 aromatic heterocycles. The van der Waals surface area contributed by atoms with Gasteiger partial charge in [0.25, 0.3) is 0 Å². The van der Waals surface area contributed by atoms with Crippen molar-refractivity contribution in [2.75, 3.05) is 19.6 Å². The molecule has 0 aromatic carbocycles. The lowest BCUT2D eigenvalue weighted by molar-refractivity contribution is 0.331. The minimum Gasteiger partial charge on any atom is -0.303 e. The Morgan fingerprint density at radius 3 is 2.87 bits per heavy atom. The quantitative estimate of drug-likeness (QED) is 0.744. The Bertz CT molecular complexity index is 404. The molecular weight excluding hydrogens is 212 g/mol. The van der Waals surface area contributed by atoms with E-state index in [1.807, 2.05) is 0 Å². The number of aromatic nitrogens is 3. The monoisotopic (exact) mass is 228 g/mol. The minimum atomic E-state index is -0.130. The van der Waals surface area contributed by atoms with E-state index in [1.54, 1.807) is 4.57 Å². The van der Waals surface area contributed by atoms with Crippen LogP contribution in [0.25, 0.3) is 0 Å². The zero-order valence-corrected chi connectivity index (χ0v) is 9.64. The molecule has 5 nitrogen and oxygen atoms in total. The summed E-state index contributed by atoms with van der Waals surface area (Å²) >= 11 is 5.03. The molecule has 0 saturated carbocycles. The maximum atomic E-state index is 11.4. The highest BCUT2D eigenvalue weighted by Gasteiger charge is 2.22. The molecule has 0 bridgehead atoms. The van der Waals surface area contributed by atoms with Crippen LogP contribution in [0, 0.1) is 10.7 Å². The summed E-state index contributed by atoms with van der Waals surface area (Å²) in [5.41, 5.74) is -0.130. The van der Waals surface area contributed by atoms with Crippen molar-refractivity contribution in [1.29, 1.82) is 0 Å². The summed E-state index contributed by atoms with van der Waals surface area (Å²) in [6.07, 6.45) is 1.15. The van der Waals surface area contributed by atoms with Crippen LogP contribution < -0.4 is 5.69 Å². The molecule has 6 heteroatoms. The van der Waals surface area contributed by atoms with E-state index in [-0.39, 0.29) is 5.69 Å². The molecule has 1 aliphatic rings. The summed E-state index contributed by atoms with van der Waals surface area (Å²) in [6, 6.07) is 0. The summed E-state index contributed by atoms with van der Waals surface area (Å²) in [5, 5.41) is 5.16. The maximum Gasteiger partial charge on any atom is 0.342 e. The Hall–Kier alpha value is -0.880. The average Bonchev–Trinajstić information content (AvgIpc) is 2.80. The highest BCUT2D eigenvalue weighted by molar-refractivity contribution is 7.71. The topological polar surface area (TPSA) is 56.8 Å². The van der Waals surface area contributed by atoms with Crippen molar-refractivity contribution in [3.63, 3.8) is 0 Å². The first-order chi connectivity index (χ1) is 7.20. The van der Waals surface area contributed by atoms with E-state index < -0.39 is 0 Å². The molecule has 1 unspecified atom stereocenters. The van der Waals surface area contributed by atoms with E-state index in [0.29, 0.717) is 10.7 Å². The number of hydrogen-bond donors (Lipinski definition) is 2. The predicted octanol–water partition coefficient (Wildman–Crippen LogP) is 0.576.